The number of rotatable bonds is 5. The summed E-state index contributed by atoms with van der Waals surface area (Å²) < 4.78 is 0. The quantitative estimate of drug-likeness (QED) is 0.341. The van der Waals surface area contributed by atoms with E-state index in [2.05, 4.69) is 39.0 Å². The standard InChI is InChI=1S/C27H32Cl2O2/c1-24(2)16-27(7,19-13-11-17(12-14-19)22(30)25(3,4)28)20-10-8-9-18(15-21(20)24)23(31)26(5,6)29/h8,10-15H,9,16H2,1-7H3. The Morgan fingerprint density at radius 3 is 1.94 bits per heavy atom. The zero-order valence-electron chi connectivity index (χ0n) is 19.5. The summed E-state index contributed by atoms with van der Waals surface area (Å²) in [6, 6.07) is 7.83. The number of hydrogen-bond acceptors (Lipinski definition) is 2. The van der Waals surface area contributed by atoms with Gasteiger partial charge in [0.1, 0.15) is 9.75 Å². The fourth-order valence-electron chi connectivity index (χ4n) is 4.95. The van der Waals surface area contributed by atoms with Gasteiger partial charge in [-0.2, -0.15) is 0 Å². The van der Waals surface area contributed by atoms with Gasteiger partial charge >= 0.3 is 0 Å². The third-order valence-corrected chi connectivity index (χ3v) is 6.85. The normalized spacial score (nSPS) is 23.3. The minimum absolute atomic E-state index is 0.0245. The second-order valence-electron chi connectivity index (χ2n) is 10.7. The lowest BCUT2D eigenvalue weighted by Crippen LogP contribution is -2.27. The molecule has 4 heteroatoms. The van der Waals surface area contributed by atoms with Gasteiger partial charge < -0.3 is 0 Å². The molecule has 31 heavy (non-hydrogen) atoms. The van der Waals surface area contributed by atoms with Crippen molar-refractivity contribution in [2.75, 3.05) is 0 Å². The van der Waals surface area contributed by atoms with Crippen LogP contribution in [0, 0.1) is 5.41 Å². The molecule has 0 N–H and O–H groups in total. The van der Waals surface area contributed by atoms with Crippen LogP contribution in [0.5, 0.6) is 0 Å². The molecule has 2 aliphatic rings. The van der Waals surface area contributed by atoms with Crippen molar-refractivity contribution >= 4 is 34.8 Å². The Morgan fingerprint density at radius 1 is 0.871 bits per heavy atom. The third kappa shape index (κ3) is 4.47. The van der Waals surface area contributed by atoms with Gasteiger partial charge in [-0.1, -0.05) is 63.3 Å². The minimum atomic E-state index is -0.926. The first-order valence-corrected chi connectivity index (χ1v) is 11.5. The fraction of sp³-hybridized carbons (Fsp3) is 0.481. The molecule has 2 aliphatic carbocycles. The average molecular weight is 459 g/mol. The molecule has 0 amide bonds. The van der Waals surface area contributed by atoms with Gasteiger partial charge in [0.25, 0.3) is 0 Å². The predicted molar refractivity (Wildman–Crippen MR) is 130 cm³/mol. The van der Waals surface area contributed by atoms with Crippen LogP contribution in [0.25, 0.3) is 0 Å². The van der Waals surface area contributed by atoms with E-state index in [1.807, 2.05) is 24.3 Å². The molecule has 0 spiro atoms. The lowest BCUT2D eigenvalue weighted by atomic mass is 9.73. The van der Waals surface area contributed by atoms with E-state index in [0.29, 0.717) is 12.0 Å². The van der Waals surface area contributed by atoms with E-state index in [-0.39, 0.29) is 22.4 Å². The Morgan fingerprint density at radius 2 is 1.42 bits per heavy atom. The van der Waals surface area contributed by atoms with E-state index in [4.69, 9.17) is 23.2 Å². The molecule has 1 unspecified atom stereocenters. The number of benzene rings is 1. The van der Waals surface area contributed by atoms with Crippen LogP contribution in [-0.4, -0.2) is 21.3 Å². The van der Waals surface area contributed by atoms with Crippen molar-refractivity contribution in [1.82, 2.24) is 0 Å². The smallest absolute Gasteiger partial charge is 0.183 e. The summed E-state index contributed by atoms with van der Waals surface area (Å²) >= 11 is 12.6. The maximum absolute atomic E-state index is 12.9. The topological polar surface area (TPSA) is 34.1 Å². The number of halogens is 2. The maximum Gasteiger partial charge on any atom is 0.183 e. The summed E-state index contributed by atoms with van der Waals surface area (Å²) in [4.78, 5) is 23.6. The Balaban J connectivity index is 2.07. The van der Waals surface area contributed by atoms with Crippen molar-refractivity contribution in [2.45, 2.75) is 76.5 Å². The highest BCUT2D eigenvalue weighted by atomic mass is 35.5. The first-order valence-electron chi connectivity index (χ1n) is 10.8. The van der Waals surface area contributed by atoms with Crippen LogP contribution in [0.1, 0.15) is 77.2 Å². The van der Waals surface area contributed by atoms with E-state index in [9.17, 15) is 9.59 Å². The first kappa shape index (κ1) is 24.0. The predicted octanol–water partition coefficient (Wildman–Crippen LogP) is 7.34. The van der Waals surface area contributed by atoms with Gasteiger partial charge in [0.2, 0.25) is 0 Å². The van der Waals surface area contributed by atoms with Crippen molar-refractivity contribution in [1.29, 1.82) is 0 Å². The maximum atomic E-state index is 12.9. The highest BCUT2D eigenvalue weighted by Gasteiger charge is 2.47. The largest absolute Gasteiger partial charge is 0.293 e. The molecule has 166 valence electrons. The van der Waals surface area contributed by atoms with Gasteiger partial charge in [-0.3, -0.25) is 9.59 Å². The first-order chi connectivity index (χ1) is 14.1. The number of allylic oxidation sites excluding steroid dienone is 6. The lowest BCUT2D eigenvalue weighted by Gasteiger charge is -2.30. The van der Waals surface area contributed by atoms with Crippen LogP contribution in [-0.2, 0) is 10.2 Å². The molecule has 0 saturated carbocycles. The molecule has 0 heterocycles. The molecule has 1 aromatic carbocycles. The Hall–Kier alpha value is -1.64. The van der Waals surface area contributed by atoms with Crippen molar-refractivity contribution in [3.05, 3.63) is 70.3 Å². The summed E-state index contributed by atoms with van der Waals surface area (Å²) in [6.45, 7) is 13.6. The number of carbonyl (C=O) groups excluding carboxylic acids is 2. The van der Waals surface area contributed by atoms with Gasteiger partial charge in [-0.15, -0.1) is 23.2 Å². The molecule has 0 fully saturated rings. The van der Waals surface area contributed by atoms with Crippen molar-refractivity contribution < 1.29 is 9.59 Å². The number of carbonyl (C=O) groups is 2. The van der Waals surface area contributed by atoms with Gasteiger partial charge in [-0.05, 0) is 62.7 Å². The highest BCUT2D eigenvalue weighted by molar-refractivity contribution is 6.37. The van der Waals surface area contributed by atoms with Gasteiger partial charge in [-0.25, -0.2) is 0 Å². The number of ketones is 2. The van der Waals surface area contributed by atoms with Crippen molar-refractivity contribution in [2.24, 2.45) is 5.41 Å². The average Bonchev–Trinajstić information content (AvgIpc) is 2.81. The molecule has 2 nitrogen and oxygen atoms in total. The number of alkyl halides is 2. The van der Waals surface area contributed by atoms with E-state index >= 15 is 0 Å². The summed E-state index contributed by atoms with van der Waals surface area (Å²) in [5.74, 6) is -0.106. The second-order valence-corrected chi connectivity index (χ2v) is 12.6. The summed E-state index contributed by atoms with van der Waals surface area (Å²) in [6.07, 6.45) is 7.80. The van der Waals surface area contributed by atoms with Crippen LogP contribution in [0.2, 0.25) is 0 Å². The summed E-state index contributed by atoms with van der Waals surface area (Å²) in [7, 11) is 0. The van der Waals surface area contributed by atoms with Crippen molar-refractivity contribution in [3.63, 3.8) is 0 Å². The molecular formula is C27H32Cl2O2. The SMILES string of the molecule is CC(C)(Cl)C(=O)C1=CC2=C(C=CC1)C(C)(c1ccc(C(=O)C(C)(C)Cl)cc1)CC2(C)C. The van der Waals surface area contributed by atoms with Crippen LogP contribution in [0.4, 0.5) is 0 Å². The van der Waals surface area contributed by atoms with E-state index in [1.165, 1.54) is 11.1 Å². The fourth-order valence-corrected chi connectivity index (χ4v) is 5.18. The number of Topliss-reactive ketones (excluding diaryl/α,β-unsaturated/α-hetero) is 2. The van der Waals surface area contributed by atoms with Gasteiger partial charge in [0.05, 0.1) is 0 Å². The Labute approximate surface area is 196 Å². The second kappa shape index (κ2) is 7.74. The molecule has 3 rings (SSSR count). The molecule has 0 radical (unpaired) electrons. The molecule has 0 aromatic heterocycles. The third-order valence-electron chi connectivity index (χ3n) is 6.51. The van der Waals surface area contributed by atoms with E-state index < -0.39 is 9.75 Å². The van der Waals surface area contributed by atoms with Crippen molar-refractivity contribution in [3.8, 4) is 0 Å². The van der Waals surface area contributed by atoms with Gasteiger partial charge in [0.15, 0.2) is 11.6 Å². The summed E-state index contributed by atoms with van der Waals surface area (Å²) in [5.41, 5.74) is 4.61. The van der Waals surface area contributed by atoms with E-state index in [1.54, 1.807) is 27.7 Å². The molecule has 1 atom stereocenters. The molecule has 1 aromatic rings. The monoisotopic (exact) mass is 458 g/mol. The zero-order chi connectivity index (χ0) is 23.4. The lowest BCUT2D eigenvalue weighted by molar-refractivity contribution is -0.117. The Kier molecular flexibility index (Phi) is 6.00. The molecular weight excluding hydrogens is 427 g/mol. The van der Waals surface area contributed by atoms with E-state index in [0.717, 1.165) is 17.6 Å². The molecule has 0 bridgehead atoms. The Bertz CT molecular complexity index is 1010. The van der Waals surface area contributed by atoms with Gasteiger partial charge in [0, 0.05) is 16.6 Å². The number of hydrogen-bond donors (Lipinski definition) is 0. The molecule has 0 saturated heterocycles. The van der Waals surface area contributed by atoms with Crippen LogP contribution in [0.3, 0.4) is 0 Å². The van der Waals surface area contributed by atoms with Crippen LogP contribution >= 0.6 is 23.2 Å². The molecule has 0 aliphatic heterocycles. The highest BCUT2D eigenvalue weighted by Crippen LogP contribution is 2.56. The minimum Gasteiger partial charge on any atom is -0.293 e. The van der Waals surface area contributed by atoms with Crippen LogP contribution in [0.15, 0.2) is 59.2 Å². The summed E-state index contributed by atoms with van der Waals surface area (Å²) in [5, 5.41) is 0. The zero-order valence-corrected chi connectivity index (χ0v) is 21.0. The van der Waals surface area contributed by atoms with Crippen LogP contribution < -0.4 is 0 Å².